The van der Waals surface area contributed by atoms with E-state index < -0.39 is 0 Å². The second kappa shape index (κ2) is 4.63. The summed E-state index contributed by atoms with van der Waals surface area (Å²) in [6.45, 7) is 2.16. The van der Waals surface area contributed by atoms with Crippen molar-refractivity contribution in [3.8, 4) is 0 Å². The monoisotopic (exact) mass is 334 g/mol. The first-order chi connectivity index (χ1) is 12.3. The molecule has 0 aromatic heterocycles. The molecule has 4 atom stereocenters. The zero-order chi connectivity index (χ0) is 16.8. The van der Waals surface area contributed by atoms with Gasteiger partial charge in [-0.15, -0.1) is 0 Å². The third kappa shape index (κ3) is 1.50. The van der Waals surface area contributed by atoms with Gasteiger partial charge in [-0.2, -0.15) is 0 Å². The lowest BCUT2D eigenvalue weighted by atomic mass is 9.57. The van der Waals surface area contributed by atoms with Crippen molar-refractivity contribution in [2.45, 2.75) is 36.8 Å². The summed E-state index contributed by atoms with van der Waals surface area (Å²) in [5.41, 5.74) is 5.39. The van der Waals surface area contributed by atoms with Gasteiger partial charge in [-0.05, 0) is 36.6 Å². The van der Waals surface area contributed by atoms with Gasteiger partial charge in [-0.25, -0.2) is 0 Å². The quantitative estimate of drug-likeness (QED) is 0.799. The molecule has 6 rings (SSSR count). The minimum Gasteiger partial charge on any atom is -0.392 e. The SMILES string of the molecule is O=C1CC=C2[C@H]3C[C@@H]4N(CC[C@@]45c4ccccc4N1[C@@H]25)C/C3=C\CO. The van der Waals surface area contributed by atoms with Crippen LogP contribution in [-0.2, 0) is 10.2 Å². The number of hydrogen-bond acceptors (Lipinski definition) is 3. The molecule has 0 radical (unpaired) electrons. The van der Waals surface area contributed by atoms with Crippen LogP contribution in [0.2, 0.25) is 0 Å². The van der Waals surface area contributed by atoms with Gasteiger partial charge in [0.25, 0.3) is 0 Å². The number of hydrogen-bond donors (Lipinski definition) is 1. The van der Waals surface area contributed by atoms with Crippen LogP contribution in [-0.4, -0.2) is 47.7 Å². The molecule has 5 aliphatic rings. The maximum absolute atomic E-state index is 12.9. The van der Waals surface area contributed by atoms with Gasteiger partial charge in [-0.3, -0.25) is 9.69 Å². The molecule has 1 N–H and O–H groups in total. The van der Waals surface area contributed by atoms with Crippen molar-refractivity contribution in [3.63, 3.8) is 0 Å². The van der Waals surface area contributed by atoms with Crippen LogP contribution >= 0.6 is 0 Å². The van der Waals surface area contributed by atoms with Crippen LogP contribution in [0.5, 0.6) is 0 Å². The Balaban J connectivity index is 1.64. The van der Waals surface area contributed by atoms with Crippen LogP contribution in [0.25, 0.3) is 0 Å². The van der Waals surface area contributed by atoms with Gasteiger partial charge in [0.05, 0.1) is 12.6 Å². The maximum atomic E-state index is 12.9. The van der Waals surface area contributed by atoms with Gasteiger partial charge in [0.15, 0.2) is 0 Å². The highest BCUT2D eigenvalue weighted by Gasteiger charge is 2.67. The molecule has 4 aliphatic heterocycles. The normalized spacial score (nSPS) is 39.5. The van der Waals surface area contributed by atoms with E-state index in [1.54, 1.807) is 0 Å². The van der Waals surface area contributed by atoms with E-state index in [2.05, 4.69) is 40.1 Å². The summed E-state index contributed by atoms with van der Waals surface area (Å²) in [4.78, 5) is 17.6. The smallest absolute Gasteiger partial charge is 0.231 e. The van der Waals surface area contributed by atoms with Crippen molar-refractivity contribution in [3.05, 3.63) is 53.1 Å². The number of aliphatic hydroxyl groups is 1. The number of para-hydroxylation sites is 1. The Morgan fingerprint density at radius 3 is 3.08 bits per heavy atom. The van der Waals surface area contributed by atoms with Crippen molar-refractivity contribution < 1.29 is 9.90 Å². The largest absolute Gasteiger partial charge is 0.392 e. The highest BCUT2D eigenvalue weighted by molar-refractivity contribution is 6.00. The Morgan fingerprint density at radius 2 is 2.20 bits per heavy atom. The van der Waals surface area contributed by atoms with Crippen LogP contribution in [0.1, 0.15) is 24.8 Å². The van der Waals surface area contributed by atoms with Crippen LogP contribution in [0.3, 0.4) is 0 Å². The molecule has 2 bridgehead atoms. The lowest BCUT2D eigenvalue weighted by molar-refractivity contribution is -0.118. The van der Waals surface area contributed by atoms with Gasteiger partial charge in [0, 0.05) is 36.0 Å². The summed E-state index contributed by atoms with van der Waals surface area (Å²) in [5.74, 6) is 0.638. The van der Waals surface area contributed by atoms with E-state index in [-0.39, 0.29) is 24.0 Å². The Bertz CT molecular complexity index is 857. The summed E-state index contributed by atoms with van der Waals surface area (Å²) >= 11 is 0. The zero-order valence-electron chi connectivity index (χ0n) is 14.2. The second-order valence-electron chi connectivity index (χ2n) is 8.12. The molecule has 4 nitrogen and oxygen atoms in total. The Hall–Kier alpha value is -1.91. The number of nitrogens with zero attached hydrogens (tertiary/aromatic N) is 2. The number of rotatable bonds is 1. The Labute approximate surface area is 147 Å². The topological polar surface area (TPSA) is 43.8 Å². The second-order valence-corrected chi connectivity index (χ2v) is 8.12. The fraction of sp³-hybridized carbons (Fsp3) is 0.476. The highest BCUT2D eigenvalue weighted by atomic mass is 16.2. The summed E-state index contributed by atoms with van der Waals surface area (Å²) in [6, 6.07) is 9.29. The maximum Gasteiger partial charge on any atom is 0.231 e. The summed E-state index contributed by atoms with van der Waals surface area (Å²) in [6.07, 6.45) is 6.99. The molecule has 1 saturated carbocycles. The van der Waals surface area contributed by atoms with E-state index in [9.17, 15) is 9.90 Å². The standard InChI is InChI=1S/C21H22N2O2/c24-10-7-13-12-22-9-8-21-16-3-1-2-4-17(16)23-19(25)6-5-14(20(21)23)15(13)11-18(21)22/h1-5,7,15,18,20,24H,6,8-12H2/b13-7+/t15-,18-,20-,21+/m0/s1. The number of amides is 1. The van der Waals surface area contributed by atoms with Gasteiger partial charge < -0.3 is 10.0 Å². The van der Waals surface area contributed by atoms with Crippen molar-refractivity contribution in [1.29, 1.82) is 0 Å². The predicted octanol–water partition coefficient (Wildman–Crippen LogP) is 2.00. The molecular weight excluding hydrogens is 312 g/mol. The van der Waals surface area contributed by atoms with Crippen molar-refractivity contribution in [2.75, 3.05) is 24.6 Å². The Morgan fingerprint density at radius 1 is 1.32 bits per heavy atom. The summed E-state index contributed by atoms with van der Waals surface area (Å²) in [5, 5.41) is 9.50. The van der Waals surface area contributed by atoms with E-state index in [0.717, 1.165) is 31.6 Å². The number of fused-ring (bicyclic) bond motifs is 4. The minimum absolute atomic E-state index is 0.0692. The average Bonchev–Trinajstić information content (AvgIpc) is 3.17. The number of carbonyl (C=O) groups is 1. The third-order valence-electron chi connectivity index (χ3n) is 7.40. The van der Waals surface area contributed by atoms with Crippen LogP contribution < -0.4 is 4.90 Å². The summed E-state index contributed by atoms with van der Waals surface area (Å²) in [7, 11) is 0. The molecule has 1 aromatic rings. The lowest BCUT2D eigenvalue weighted by Gasteiger charge is -2.54. The Kier molecular flexibility index (Phi) is 2.64. The van der Waals surface area contributed by atoms with Crippen LogP contribution in [0.4, 0.5) is 5.69 Å². The highest BCUT2D eigenvalue weighted by Crippen LogP contribution is 2.63. The lowest BCUT2D eigenvalue weighted by Crippen LogP contribution is -2.62. The first-order valence-electron chi connectivity index (χ1n) is 9.41. The van der Waals surface area contributed by atoms with E-state index in [0.29, 0.717) is 18.4 Å². The number of piperidine rings is 1. The van der Waals surface area contributed by atoms with Crippen LogP contribution in [0.15, 0.2) is 47.6 Å². The predicted molar refractivity (Wildman–Crippen MR) is 95.3 cm³/mol. The van der Waals surface area contributed by atoms with Gasteiger partial charge >= 0.3 is 0 Å². The van der Waals surface area contributed by atoms with Gasteiger partial charge in [0.2, 0.25) is 5.91 Å². The molecule has 2 saturated heterocycles. The zero-order valence-corrected chi connectivity index (χ0v) is 14.2. The van der Waals surface area contributed by atoms with E-state index in [4.69, 9.17) is 0 Å². The average molecular weight is 334 g/mol. The molecule has 0 unspecified atom stereocenters. The molecule has 4 heteroatoms. The first kappa shape index (κ1) is 14.3. The molecule has 1 aromatic carbocycles. The van der Waals surface area contributed by atoms with Gasteiger partial charge in [-0.1, -0.05) is 35.9 Å². The van der Waals surface area contributed by atoms with E-state index >= 15 is 0 Å². The molecule has 128 valence electrons. The molecular formula is C21H22N2O2. The van der Waals surface area contributed by atoms with E-state index in [1.165, 1.54) is 16.7 Å². The molecule has 4 heterocycles. The third-order valence-corrected chi connectivity index (χ3v) is 7.40. The molecule has 1 aliphatic carbocycles. The van der Waals surface area contributed by atoms with Crippen molar-refractivity contribution in [2.24, 2.45) is 5.92 Å². The molecule has 3 fully saturated rings. The first-order valence-corrected chi connectivity index (χ1v) is 9.41. The number of anilines is 1. The van der Waals surface area contributed by atoms with Crippen molar-refractivity contribution >= 4 is 11.6 Å². The fourth-order valence-electron chi connectivity index (χ4n) is 6.62. The number of carbonyl (C=O) groups excluding carboxylic acids is 1. The molecule has 1 spiro atoms. The minimum atomic E-state index is 0.0692. The van der Waals surface area contributed by atoms with Crippen molar-refractivity contribution in [1.82, 2.24) is 4.90 Å². The number of benzene rings is 1. The van der Waals surface area contributed by atoms with Crippen LogP contribution in [0, 0.1) is 5.92 Å². The summed E-state index contributed by atoms with van der Waals surface area (Å²) < 4.78 is 0. The molecule has 25 heavy (non-hydrogen) atoms. The van der Waals surface area contributed by atoms with Gasteiger partial charge in [0.1, 0.15) is 0 Å². The number of aliphatic hydroxyl groups excluding tert-OH is 1. The fourth-order valence-corrected chi connectivity index (χ4v) is 6.62. The molecule has 1 amide bonds. The van der Waals surface area contributed by atoms with E-state index in [1.807, 2.05) is 6.08 Å².